The third-order valence-corrected chi connectivity index (χ3v) is 6.14. The Morgan fingerprint density at radius 1 is 1.57 bits per heavy atom. The summed E-state index contributed by atoms with van der Waals surface area (Å²) in [6, 6.07) is 0. The predicted molar refractivity (Wildman–Crippen MR) is 84.6 cm³/mol. The standard InChI is InChI=1S/C12H19N3O4S2/c1-7-5-15(12(18)14-11(7)17)10-4-9(8(6-16)19-10)21-20-3-2-13/h5,8-10,16H,2-4,6,13H2,1H3,(H,14,17,18)/t8-,9?,10-/m1/s1. The zero-order chi connectivity index (χ0) is 15.4. The highest BCUT2D eigenvalue weighted by molar-refractivity contribution is 8.77. The number of nitrogens with two attached hydrogens (primary N) is 1. The summed E-state index contributed by atoms with van der Waals surface area (Å²) in [5.41, 5.74) is 5.02. The number of rotatable bonds is 6. The van der Waals surface area contributed by atoms with Gasteiger partial charge in [-0.3, -0.25) is 14.3 Å². The fourth-order valence-corrected chi connectivity index (χ4v) is 4.71. The van der Waals surface area contributed by atoms with Crippen LogP contribution in [0.4, 0.5) is 0 Å². The lowest BCUT2D eigenvalue weighted by Crippen LogP contribution is -2.33. The number of aromatic nitrogens is 2. The van der Waals surface area contributed by atoms with Crippen LogP contribution in [0.25, 0.3) is 0 Å². The Hall–Kier alpha value is -0.740. The molecule has 0 spiro atoms. The van der Waals surface area contributed by atoms with Gasteiger partial charge in [0.1, 0.15) is 6.23 Å². The first-order chi connectivity index (χ1) is 10.1. The van der Waals surface area contributed by atoms with E-state index in [0.29, 0.717) is 18.5 Å². The van der Waals surface area contributed by atoms with Gasteiger partial charge in [0.15, 0.2) is 0 Å². The molecule has 3 atom stereocenters. The zero-order valence-electron chi connectivity index (χ0n) is 11.7. The smallest absolute Gasteiger partial charge is 0.330 e. The molecule has 1 aliphatic rings. The predicted octanol–water partition coefficient (Wildman–Crippen LogP) is -0.166. The Kier molecular flexibility index (Phi) is 5.94. The molecule has 1 unspecified atom stereocenters. The van der Waals surface area contributed by atoms with Gasteiger partial charge in [0.25, 0.3) is 5.56 Å². The molecule has 2 heterocycles. The molecule has 7 nitrogen and oxygen atoms in total. The molecule has 0 radical (unpaired) electrons. The molecule has 2 rings (SSSR count). The van der Waals surface area contributed by atoms with Crippen molar-refractivity contribution in [1.82, 2.24) is 9.55 Å². The highest BCUT2D eigenvalue weighted by Gasteiger charge is 2.36. The van der Waals surface area contributed by atoms with Gasteiger partial charge in [0, 0.05) is 35.7 Å². The van der Waals surface area contributed by atoms with Crippen LogP contribution in [-0.4, -0.2) is 44.9 Å². The minimum Gasteiger partial charge on any atom is -0.394 e. The van der Waals surface area contributed by atoms with Gasteiger partial charge in [-0.2, -0.15) is 0 Å². The summed E-state index contributed by atoms with van der Waals surface area (Å²) in [7, 11) is 3.25. The number of H-pyrrole nitrogens is 1. The third-order valence-electron chi connectivity index (χ3n) is 3.21. The van der Waals surface area contributed by atoms with E-state index >= 15 is 0 Å². The second kappa shape index (κ2) is 7.50. The van der Waals surface area contributed by atoms with E-state index in [4.69, 9.17) is 10.5 Å². The lowest BCUT2D eigenvalue weighted by Gasteiger charge is -2.15. The molecule has 0 bridgehead atoms. The summed E-state index contributed by atoms with van der Waals surface area (Å²) in [5, 5.41) is 9.49. The third kappa shape index (κ3) is 3.92. The first kappa shape index (κ1) is 16.6. The van der Waals surface area contributed by atoms with Gasteiger partial charge in [0.05, 0.1) is 12.7 Å². The van der Waals surface area contributed by atoms with Crippen LogP contribution in [0.5, 0.6) is 0 Å². The van der Waals surface area contributed by atoms with Crippen LogP contribution in [0, 0.1) is 6.92 Å². The van der Waals surface area contributed by atoms with Crippen LogP contribution in [0.15, 0.2) is 15.8 Å². The number of nitrogens with zero attached hydrogens (tertiary/aromatic N) is 1. The molecule has 0 aromatic carbocycles. The van der Waals surface area contributed by atoms with Crippen molar-refractivity contribution in [3.05, 3.63) is 32.6 Å². The second-order valence-corrected chi connectivity index (χ2v) is 7.50. The first-order valence-corrected chi connectivity index (χ1v) is 9.01. The monoisotopic (exact) mass is 333 g/mol. The number of aliphatic hydroxyl groups excluding tert-OH is 1. The molecule has 1 aromatic heterocycles. The van der Waals surface area contributed by atoms with Gasteiger partial charge in [-0.05, 0) is 6.92 Å². The van der Waals surface area contributed by atoms with Gasteiger partial charge in [-0.25, -0.2) is 4.79 Å². The molecule has 4 N–H and O–H groups in total. The van der Waals surface area contributed by atoms with Crippen molar-refractivity contribution in [1.29, 1.82) is 0 Å². The molecule has 0 saturated carbocycles. The molecule has 0 aliphatic carbocycles. The Labute approximate surface area is 129 Å². The zero-order valence-corrected chi connectivity index (χ0v) is 13.3. The van der Waals surface area contributed by atoms with Gasteiger partial charge >= 0.3 is 5.69 Å². The fourth-order valence-electron chi connectivity index (χ4n) is 2.12. The van der Waals surface area contributed by atoms with Crippen LogP contribution in [0.1, 0.15) is 18.2 Å². The summed E-state index contributed by atoms with van der Waals surface area (Å²) in [6.07, 6.45) is 1.30. The molecule has 9 heteroatoms. The van der Waals surface area contributed by atoms with Crippen molar-refractivity contribution >= 4 is 21.6 Å². The van der Waals surface area contributed by atoms with Crippen molar-refractivity contribution in [2.75, 3.05) is 18.9 Å². The number of aliphatic hydroxyl groups is 1. The average Bonchev–Trinajstić information content (AvgIpc) is 2.86. The van der Waals surface area contributed by atoms with Gasteiger partial charge in [-0.15, -0.1) is 0 Å². The Morgan fingerprint density at radius 3 is 3.00 bits per heavy atom. The number of hydrogen-bond donors (Lipinski definition) is 3. The van der Waals surface area contributed by atoms with Crippen LogP contribution < -0.4 is 17.0 Å². The lowest BCUT2D eigenvalue weighted by molar-refractivity contribution is -0.0238. The van der Waals surface area contributed by atoms with Crippen molar-refractivity contribution < 1.29 is 9.84 Å². The summed E-state index contributed by atoms with van der Waals surface area (Å²) in [5.74, 6) is 0.821. The Morgan fingerprint density at radius 2 is 2.33 bits per heavy atom. The molecule has 0 amide bonds. The van der Waals surface area contributed by atoms with Crippen molar-refractivity contribution in [3.8, 4) is 0 Å². The highest BCUT2D eigenvalue weighted by atomic mass is 33.1. The topological polar surface area (TPSA) is 110 Å². The Balaban J connectivity index is 2.13. The lowest BCUT2D eigenvalue weighted by atomic mass is 10.2. The number of nitrogens with one attached hydrogen (secondary N) is 1. The van der Waals surface area contributed by atoms with Crippen LogP contribution in [0.2, 0.25) is 0 Å². The van der Waals surface area contributed by atoms with Crippen molar-refractivity contribution in [2.24, 2.45) is 5.73 Å². The molecule has 1 fully saturated rings. The number of aromatic amines is 1. The summed E-state index contributed by atoms with van der Waals surface area (Å²) in [4.78, 5) is 25.5. The maximum atomic E-state index is 11.9. The maximum Gasteiger partial charge on any atom is 0.330 e. The minimum absolute atomic E-state index is 0.0793. The number of aryl methyl sites for hydroxylation is 1. The average molecular weight is 333 g/mol. The van der Waals surface area contributed by atoms with Crippen molar-refractivity contribution in [2.45, 2.75) is 30.9 Å². The van der Waals surface area contributed by atoms with E-state index in [1.807, 2.05) is 0 Å². The molecule has 118 valence electrons. The van der Waals surface area contributed by atoms with E-state index in [2.05, 4.69) is 4.98 Å². The van der Waals surface area contributed by atoms with E-state index in [0.717, 1.165) is 5.75 Å². The van der Waals surface area contributed by atoms with E-state index in [1.165, 1.54) is 10.8 Å². The fraction of sp³-hybridized carbons (Fsp3) is 0.667. The van der Waals surface area contributed by atoms with Gasteiger partial charge < -0.3 is 15.6 Å². The molecule has 1 aromatic rings. The summed E-state index contributed by atoms with van der Waals surface area (Å²) < 4.78 is 7.12. The van der Waals surface area contributed by atoms with Crippen LogP contribution in [-0.2, 0) is 4.74 Å². The molecular weight excluding hydrogens is 314 g/mol. The van der Waals surface area contributed by atoms with Gasteiger partial charge in [0.2, 0.25) is 0 Å². The maximum absolute atomic E-state index is 11.9. The van der Waals surface area contributed by atoms with Crippen LogP contribution >= 0.6 is 21.6 Å². The number of hydrogen-bond acceptors (Lipinski definition) is 7. The van der Waals surface area contributed by atoms with Crippen LogP contribution in [0.3, 0.4) is 0 Å². The second-order valence-electron chi connectivity index (χ2n) is 4.77. The first-order valence-electron chi connectivity index (χ1n) is 6.63. The number of ether oxygens (including phenoxy) is 1. The van der Waals surface area contributed by atoms with E-state index in [9.17, 15) is 14.7 Å². The molecular formula is C12H19N3O4S2. The molecule has 21 heavy (non-hydrogen) atoms. The minimum atomic E-state index is -0.493. The van der Waals surface area contributed by atoms with E-state index in [-0.39, 0.29) is 18.0 Å². The molecule has 1 saturated heterocycles. The van der Waals surface area contributed by atoms with E-state index in [1.54, 1.807) is 28.5 Å². The van der Waals surface area contributed by atoms with Gasteiger partial charge in [-0.1, -0.05) is 21.6 Å². The normalized spacial score (nSPS) is 25.4. The van der Waals surface area contributed by atoms with Crippen molar-refractivity contribution in [3.63, 3.8) is 0 Å². The molecule has 1 aliphatic heterocycles. The largest absolute Gasteiger partial charge is 0.394 e. The summed E-state index contributed by atoms with van der Waals surface area (Å²) in [6.45, 7) is 2.13. The highest BCUT2D eigenvalue weighted by Crippen LogP contribution is 2.40. The van der Waals surface area contributed by atoms with E-state index < -0.39 is 17.5 Å². The summed E-state index contributed by atoms with van der Waals surface area (Å²) >= 11 is 0. The SMILES string of the molecule is Cc1cn([C@H]2CC(SSCCN)[C@@H](CO)O2)c(=O)[nH]c1=O. The Bertz CT molecular complexity index is 589. The quantitative estimate of drug-likeness (QED) is 0.490.